The van der Waals surface area contributed by atoms with Crippen LogP contribution in [-0.4, -0.2) is 68.4 Å². The summed E-state index contributed by atoms with van der Waals surface area (Å²) in [6.45, 7) is 11.3. The van der Waals surface area contributed by atoms with Crippen LogP contribution in [0.4, 0.5) is 17.5 Å². The van der Waals surface area contributed by atoms with Gasteiger partial charge in [-0.2, -0.15) is 10.1 Å². The van der Waals surface area contributed by atoms with E-state index in [0.29, 0.717) is 29.2 Å². The second-order valence-electron chi connectivity index (χ2n) is 9.84. The molecule has 0 aliphatic carbocycles. The van der Waals surface area contributed by atoms with Crippen LogP contribution in [0.2, 0.25) is 0 Å². The lowest BCUT2D eigenvalue weighted by Gasteiger charge is -2.31. The fraction of sp³-hybridized carbons (Fsp3) is 0.462. The average molecular weight is 503 g/mol. The van der Waals surface area contributed by atoms with E-state index >= 15 is 0 Å². The maximum atomic E-state index is 12.6. The normalized spacial score (nSPS) is 19.0. The minimum absolute atomic E-state index is 0.0859. The summed E-state index contributed by atoms with van der Waals surface area (Å²) in [5.41, 5.74) is 2.04. The second kappa shape index (κ2) is 10.9. The molecule has 0 bridgehead atoms. The highest BCUT2D eigenvalue weighted by Crippen LogP contribution is 2.27. The van der Waals surface area contributed by atoms with Gasteiger partial charge in [0.05, 0.1) is 12.7 Å². The molecule has 0 saturated carbocycles. The fourth-order valence-electron chi connectivity index (χ4n) is 5.15. The topological polar surface area (TPSA) is 132 Å². The number of anilines is 3. The molecule has 11 heteroatoms. The van der Waals surface area contributed by atoms with E-state index in [9.17, 15) is 9.59 Å². The van der Waals surface area contributed by atoms with E-state index in [1.54, 1.807) is 0 Å². The standard InChI is InChI=1S/C26H30N8O3/c1-27-20-3-2-10-34(16-20)26-30-21-14-28-32-25(37)23(21)24(31-26)29-19-6-4-18(5-7-19)15-33-11-8-17(9-12-33)13-22(35)36/h4-7,14,17,20H,2-3,8-13,15-16H2,(H,32,37)(H,35,36)(H,29,30,31). The number of carbonyl (C=O) groups is 1. The zero-order valence-corrected chi connectivity index (χ0v) is 20.6. The van der Waals surface area contributed by atoms with Crippen LogP contribution >= 0.6 is 0 Å². The van der Waals surface area contributed by atoms with Crippen molar-refractivity contribution in [2.75, 3.05) is 36.4 Å². The van der Waals surface area contributed by atoms with Gasteiger partial charge >= 0.3 is 5.97 Å². The molecule has 3 N–H and O–H groups in total. The van der Waals surface area contributed by atoms with Crippen LogP contribution in [0.1, 0.15) is 37.7 Å². The van der Waals surface area contributed by atoms with Crippen molar-refractivity contribution < 1.29 is 9.90 Å². The van der Waals surface area contributed by atoms with Gasteiger partial charge in [-0.05, 0) is 56.0 Å². The number of piperidine rings is 2. The smallest absolute Gasteiger partial charge is 0.303 e. The molecular formula is C26H30N8O3. The number of H-pyrrole nitrogens is 1. The van der Waals surface area contributed by atoms with E-state index in [1.165, 1.54) is 6.20 Å². The highest BCUT2D eigenvalue weighted by molar-refractivity contribution is 5.90. The summed E-state index contributed by atoms with van der Waals surface area (Å²) in [4.78, 5) is 40.9. The summed E-state index contributed by atoms with van der Waals surface area (Å²) < 4.78 is 0. The van der Waals surface area contributed by atoms with Gasteiger partial charge in [-0.25, -0.2) is 16.7 Å². The third-order valence-electron chi connectivity index (χ3n) is 7.16. The van der Waals surface area contributed by atoms with Gasteiger partial charge in [0, 0.05) is 31.6 Å². The maximum Gasteiger partial charge on any atom is 0.303 e. The number of nitrogens with one attached hydrogen (secondary N) is 2. The number of aliphatic carboxylic acids is 1. The van der Waals surface area contributed by atoms with Crippen LogP contribution in [0.15, 0.2) is 35.3 Å². The predicted molar refractivity (Wildman–Crippen MR) is 140 cm³/mol. The Bertz CT molecular complexity index is 1360. The molecule has 2 aromatic heterocycles. The highest BCUT2D eigenvalue weighted by atomic mass is 16.4. The Balaban J connectivity index is 1.31. The molecule has 0 radical (unpaired) electrons. The highest BCUT2D eigenvalue weighted by Gasteiger charge is 2.26. The van der Waals surface area contributed by atoms with Crippen LogP contribution < -0.4 is 15.8 Å². The Kier molecular flexibility index (Phi) is 7.28. The number of carboxylic acid groups (broad SMARTS) is 1. The third kappa shape index (κ3) is 5.86. The number of fused-ring (bicyclic) bond motifs is 1. The molecule has 1 aromatic carbocycles. The number of aromatic nitrogens is 4. The van der Waals surface area contributed by atoms with Crippen LogP contribution in [0.3, 0.4) is 0 Å². The Morgan fingerprint density at radius 1 is 1.16 bits per heavy atom. The lowest BCUT2D eigenvalue weighted by Crippen LogP contribution is -2.38. The van der Waals surface area contributed by atoms with Gasteiger partial charge in [0.15, 0.2) is 0 Å². The van der Waals surface area contributed by atoms with Crippen molar-refractivity contribution in [3.8, 4) is 0 Å². The minimum Gasteiger partial charge on any atom is -0.481 e. The van der Waals surface area contributed by atoms with Gasteiger partial charge in [-0.15, -0.1) is 0 Å². The summed E-state index contributed by atoms with van der Waals surface area (Å²) in [7, 11) is 0. The number of aromatic amines is 1. The molecule has 4 heterocycles. The van der Waals surface area contributed by atoms with Crippen molar-refractivity contribution in [2.24, 2.45) is 5.92 Å². The molecule has 11 nitrogen and oxygen atoms in total. The van der Waals surface area contributed by atoms with Crippen LogP contribution in [0, 0.1) is 12.5 Å². The van der Waals surface area contributed by atoms with Gasteiger partial charge in [-0.1, -0.05) is 12.1 Å². The van der Waals surface area contributed by atoms with Gasteiger partial charge in [0.25, 0.3) is 5.56 Å². The molecule has 1 atom stereocenters. The Hall–Kier alpha value is -4.04. The number of benzene rings is 1. The van der Waals surface area contributed by atoms with E-state index in [1.807, 2.05) is 29.2 Å². The number of rotatable bonds is 7. The summed E-state index contributed by atoms with van der Waals surface area (Å²) in [5.74, 6) is 0.441. The Morgan fingerprint density at radius 3 is 2.68 bits per heavy atom. The average Bonchev–Trinajstić information content (AvgIpc) is 2.90. The zero-order valence-electron chi connectivity index (χ0n) is 20.6. The van der Waals surface area contributed by atoms with Crippen LogP contribution in [-0.2, 0) is 11.3 Å². The van der Waals surface area contributed by atoms with Crippen molar-refractivity contribution in [2.45, 2.75) is 44.7 Å². The van der Waals surface area contributed by atoms with Gasteiger partial charge < -0.3 is 20.2 Å². The zero-order chi connectivity index (χ0) is 25.8. The number of hydrogen-bond donors (Lipinski definition) is 3. The lowest BCUT2D eigenvalue weighted by molar-refractivity contribution is -0.138. The SMILES string of the molecule is [C-]#[N+]C1CCCN(c2nc(Nc3ccc(CN4CCC(CC(=O)O)CC4)cc3)c3c(=O)[nH]ncc3n2)C1. The summed E-state index contributed by atoms with van der Waals surface area (Å²) >= 11 is 0. The van der Waals surface area contributed by atoms with E-state index < -0.39 is 5.97 Å². The van der Waals surface area contributed by atoms with Crippen molar-refractivity contribution in [3.63, 3.8) is 0 Å². The molecular weight excluding hydrogens is 472 g/mol. The molecule has 37 heavy (non-hydrogen) atoms. The molecule has 3 aromatic rings. The van der Waals surface area contributed by atoms with Crippen molar-refractivity contribution in [1.82, 2.24) is 25.1 Å². The van der Waals surface area contributed by atoms with Crippen molar-refractivity contribution in [3.05, 3.63) is 57.8 Å². The molecule has 192 valence electrons. The van der Waals surface area contributed by atoms with E-state index in [-0.39, 0.29) is 23.9 Å². The lowest BCUT2D eigenvalue weighted by atomic mass is 9.93. The van der Waals surface area contributed by atoms with E-state index in [0.717, 1.165) is 63.1 Å². The maximum absolute atomic E-state index is 12.6. The summed E-state index contributed by atoms with van der Waals surface area (Å²) in [6, 6.07) is 7.94. The number of hydrogen-bond acceptors (Lipinski definition) is 8. The number of likely N-dealkylation sites (tertiary alicyclic amines) is 1. The first-order chi connectivity index (χ1) is 18.0. The summed E-state index contributed by atoms with van der Waals surface area (Å²) in [6.07, 6.45) is 5.35. The van der Waals surface area contributed by atoms with Gasteiger partial charge in [0.1, 0.15) is 16.7 Å². The van der Waals surface area contributed by atoms with Gasteiger partial charge in [-0.3, -0.25) is 14.5 Å². The van der Waals surface area contributed by atoms with Crippen molar-refractivity contribution in [1.29, 1.82) is 0 Å². The quantitative estimate of drug-likeness (QED) is 0.417. The molecule has 2 saturated heterocycles. The van der Waals surface area contributed by atoms with Gasteiger partial charge in [0.2, 0.25) is 12.0 Å². The molecule has 2 aliphatic heterocycles. The first kappa shape index (κ1) is 24.6. The Morgan fingerprint density at radius 2 is 1.95 bits per heavy atom. The predicted octanol–water partition coefficient (Wildman–Crippen LogP) is 3.03. The molecule has 2 aliphatic rings. The first-order valence-corrected chi connectivity index (χ1v) is 12.7. The Labute approximate surface area is 214 Å². The minimum atomic E-state index is -0.716. The monoisotopic (exact) mass is 502 g/mol. The molecule has 1 unspecified atom stereocenters. The summed E-state index contributed by atoms with van der Waals surface area (Å²) in [5, 5.41) is 19.0. The fourth-order valence-corrected chi connectivity index (χ4v) is 5.15. The van der Waals surface area contributed by atoms with Crippen LogP contribution in [0.25, 0.3) is 15.7 Å². The van der Waals surface area contributed by atoms with E-state index in [2.05, 4.69) is 30.2 Å². The molecule has 5 rings (SSSR count). The third-order valence-corrected chi connectivity index (χ3v) is 7.16. The molecule has 2 fully saturated rings. The number of nitrogens with zero attached hydrogens (tertiary/aromatic N) is 6. The second-order valence-corrected chi connectivity index (χ2v) is 9.84. The number of carboxylic acids is 1. The van der Waals surface area contributed by atoms with E-state index in [4.69, 9.17) is 16.7 Å². The molecule has 0 spiro atoms. The molecule has 0 amide bonds. The largest absolute Gasteiger partial charge is 0.481 e. The first-order valence-electron chi connectivity index (χ1n) is 12.7. The van der Waals surface area contributed by atoms with Crippen molar-refractivity contribution >= 4 is 34.3 Å². The van der Waals surface area contributed by atoms with Crippen LogP contribution in [0.5, 0.6) is 0 Å².